The Balaban J connectivity index is 2.16. The van der Waals surface area contributed by atoms with E-state index < -0.39 is 5.91 Å². The summed E-state index contributed by atoms with van der Waals surface area (Å²) >= 11 is 0. The Morgan fingerprint density at radius 3 is 3.05 bits per heavy atom. The van der Waals surface area contributed by atoms with Crippen LogP contribution < -0.4 is 16.0 Å². The molecule has 2 heterocycles. The van der Waals surface area contributed by atoms with Crippen LogP contribution in [0.1, 0.15) is 29.0 Å². The number of nitrogens with two attached hydrogens (primary N) is 1. The summed E-state index contributed by atoms with van der Waals surface area (Å²) in [6, 6.07) is 0.457. The van der Waals surface area contributed by atoms with Gasteiger partial charge in [-0.2, -0.15) is 4.98 Å². The van der Waals surface area contributed by atoms with Crippen molar-refractivity contribution in [1.29, 1.82) is 0 Å². The number of carbonyl (C=O) groups excluding carboxylic acids is 1. The van der Waals surface area contributed by atoms with Gasteiger partial charge in [0.25, 0.3) is 5.91 Å². The first-order valence-corrected chi connectivity index (χ1v) is 6.26. The van der Waals surface area contributed by atoms with E-state index in [1.54, 1.807) is 0 Å². The Labute approximate surface area is 112 Å². The third-order valence-corrected chi connectivity index (χ3v) is 3.46. The fraction of sp³-hybridized carbons (Fsp3) is 0.583. The molecular weight excluding hydrogens is 246 g/mol. The monoisotopic (exact) mass is 265 g/mol. The topological polar surface area (TPSA) is 93.4 Å². The predicted molar refractivity (Wildman–Crippen MR) is 69.6 cm³/mol. The Morgan fingerprint density at radius 2 is 2.47 bits per heavy atom. The lowest BCUT2D eigenvalue weighted by Gasteiger charge is -2.18. The molecular formula is C12H19N5O2. The molecule has 0 bridgehead atoms. The number of hydrazine groups is 1. The van der Waals surface area contributed by atoms with E-state index in [4.69, 9.17) is 10.6 Å². The van der Waals surface area contributed by atoms with Gasteiger partial charge in [-0.05, 0) is 26.4 Å². The van der Waals surface area contributed by atoms with E-state index >= 15 is 0 Å². The standard InChI is InChI=1S/C12H19N5O2/c1-17-5-3-4-8(17)6-10-14-7-9(11(18)16-13)12(15-10)19-2/h7-8H,3-6,13H2,1-2H3,(H,16,18). The molecule has 1 amide bonds. The van der Waals surface area contributed by atoms with Crippen LogP contribution in [-0.4, -0.2) is 47.5 Å². The number of likely N-dealkylation sites (tertiary alicyclic amines) is 1. The number of carbonyl (C=O) groups is 1. The highest BCUT2D eigenvalue weighted by molar-refractivity contribution is 5.95. The molecule has 1 aliphatic rings. The summed E-state index contributed by atoms with van der Waals surface area (Å²) in [6.07, 6.45) is 4.56. The maximum atomic E-state index is 11.5. The van der Waals surface area contributed by atoms with Gasteiger partial charge in [0, 0.05) is 18.7 Å². The molecule has 1 aromatic rings. The van der Waals surface area contributed by atoms with Gasteiger partial charge in [0.2, 0.25) is 5.88 Å². The second-order valence-electron chi connectivity index (χ2n) is 4.66. The van der Waals surface area contributed by atoms with Crippen molar-refractivity contribution in [2.75, 3.05) is 20.7 Å². The average molecular weight is 265 g/mol. The van der Waals surface area contributed by atoms with Crippen molar-refractivity contribution in [3.8, 4) is 5.88 Å². The molecule has 3 N–H and O–H groups in total. The van der Waals surface area contributed by atoms with Crippen LogP contribution >= 0.6 is 0 Å². The first-order valence-electron chi connectivity index (χ1n) is 6.26. The summed E-state index contributed by atoms with van der Waals surface area (Å²) in [5.41, 5.74) is 2.29. The highest BCUT2D eigenvalue weighted by Crippen LogP contribution is 2.20. The van der Waals surface area contributed by atoms with Crippen molar-refractivity contribution in [2.24, 2.45) is 5.84 Å². The Bertz CT molecular complexity index is 465. The van der Waals surface area contributed by atoms with E-state index in [1.165, 1.54) is 19.7 Å². The molecule has 0 saturated carbocycles. The van der Waals surface area contributed by atoms with Crippen LogP contribution in [0.3, 0.4) is 0 Å². The van der Waals surface area contributed by atoms with Crippen molar-refractivity contribution in [2.45, 2.75) is 25.3 Å². The fourth-order valence-electron chi connectivity index (χ4n) is 2.34. The second kappa shape index (κ2) is 5.94. The van der Waals surface area contributed by atoms with E-state index in [0.717, 1.165) is 19.4 Å². The summed E-state index contributed by atoms with van der Waals surface area (Å²) in [7, 11) is 3.58. The molecule has 2 rings (SSSR count). The molecule has 0 aliphatic carbocycles. The third kappa shape index (κ3) is 2.99. The van der Waals surface area contributed by atoms with Gasteiger partial charge in [-0.15, -0.1) is 0 Å². The number of aromatic nitrogens is 2. The van der Waals surface area contributed by atoms with E-state index in [9.17, 15) is 4.79 Å². The summed E-state index contributed by atoms with van der Waals surface area (Å²) in [4.78, 5) is 22.3. The number of ether oxygens (including phenoxy) is 1. The minimum absolute atomic E-state index is 0.244. The molecule has 1 aliphatic heterocycles. The van der Waals surface area contributed by atoms with Gasteiger partial charge in [0.15, 0.2) is 0 Å². The number of nitrogens with zero attached hydrogens (tertiary/aromatic N) is 3. The molecule has 19 heavy (non-hydrogen) atoms. The zero-order chi connectivity index (χ0) is 13.8. The highest BCUT2D eigenvalue weighted by Gasteiger charge is 2.23. The number of methoxy groups -OCH3 is 1. The Hall–Kier alpha value is -1.73. The van der Waals surface area contributed by atoms with Gasteiger partial charge in [-0.3, -0.25) is 10.2 Å². The molecule has 7 heteroatoms. The molecule has 1 atom stereocenters. The number of rotatable bonds is 4. The smallest absolute Gasteiger partial charge is 0.272 e. The molecule has 7 nitrogen and oxygen atoms in total. The Kier molecular flexibility index (Phi) is 4.28. The summed E-state index contributed by atoms with van der Waals surface area (Å²) in [6.45, 7) is 1.11. The van der Waals surface area contributed by atoms with Crippen LogP contribution in [0.4, 0.5) is 0 Å². The van der Waals surface area contributed by atoms with Gasteiger partial charge < -0.3 is 9.64 Å². The molecule has 0 spiro atoms. The average Bonchev–Trinajstić information content (AvgIpc) is 2.83. The SMILES string of the molecule is COc1nc(CC2CCCN2C)ncc1C(=O)NN. The van der Waals surface area contributed by atoms with E-state index in [0.29, 0.717) is 11.9 Å². The lowest BCUT2D eigenvalue weighted by molar-refractivity contribution is 0.0949. The summed E-state index contributed by atoms with van der Waals surface area (Å²) in [5, 5.41) is 0. The number of nitrogen functional groups attached to an aromatic ring is 1. The lowest BCUT2D eigenvalue weighted by atomic mass is 10.1. The normalized spacial score (nSPS) is 19.4. The first kappa shape index (κ1) is 13.7. The van der Waals surface area contributed by atoms with Gasteiger partial charge >= 0.3 is 0 Å². The summed E-state index contributed by atoms with van der Waals surface area (Å²) in [5.74, 6) is 5.58. The fourth-order valence-corrected chi connectivity index (χ4v) is 2.34. The minimum atomic E-state index is -0.457. The van der Waals surface area contributed by atoms with Crippen molar-refractivity contribution in [3.63, 3.8) is 0 Å². The van der Waals surface area contributed by atoms with Crippen molar-refractivity contribution in [3.05, 3.63) is 17.6 Å². The van der Waals surface area contributed by atoms with Gasteiger partial charge in [0.1, 0.15) is 11.4 Å². The molecule has 1 aromatic heterocycles. The minimum Gasteiger partial charge on any atom is -0.480 e. The molecule has 1 fully saturated rings. The molecule has 1 unspecified atom stereocenters. The van der Waals surface area contributed by atoms with Crippen LogP contribution in [0, 0.1) is 0 Å². The van der Waals surface area contributed by atoms with Crippen molar-refractivity contribution in [1.82, 2.24) is 20.3 Å². The quantitative estimate of drug-likeness (QED) is 0.442. The second-order valence-corrected chi connectivity index (χ2v) is 4.66. The van der Waals surface area contributed by atoms with Crippen LogP contribution in [0.2, 0.25) is 0 Å². The predicted octanol–water partition coefficient (Wildman–Crippen LogP) is -0.275. The zero-order valence-corrected chi connectivity index (χ0v) is 11.2. The van der Waals surface area contributed by atoms with Crippen LogP contribution in [0.5, 0.6) is 5.88 Å². The van der Waals surface area contributed by atoms with E-state index in [1.807, 2.05) is 5.43 Å². The summed E-state index contributed by atoms with van der Waals surface area (Å²) < 4.78 is 5.12. The highest BCUT2D eigenvalue weighted by atomic mass is 16.5. The van der Waals surface area contributed by atoms with Gasteiger partial charge in [-0.25, -0.2) is 10.8 Å². The van der Waals surface area contributed by atoms with Gasteiger partial charge in [-0.1, -0.05) is 0 Å². The van der Waals surface area contributed by atoms with Crippen molar-refractivity contribution >= 4 is 5.91 Å². The third-order valence-electron chi connectivity index (χ3n) is 3.46. The van der Waals surface area contributed by atoms with E-state index in [-0.39, 0.29) is 11.4 Å². The maximum Gasteiger partial charge on any atom is 0.272 e. The number of hydrogen-bond donors (Lipinski definition) is 2. The lowest BCUT2D eigenvalue weighted by Crippen LogP contribution is -2.31. The molecule has 1 saturated heterocycles. The van der Waals surface area contributed by atoms with Crippen LogP contribution in [0.15, 0.2) is 6.20 Å². The zero-order valence-electron chi connectivity index (χ0n) is 11.2. The van der Waals surface area contributed by atoms with Crippen LogP contribution in [-0.2, 0) is 6.42 Å². The largest absolute Gasteiger partial charge is 0.480 e. The molecule has 104 valence electrons. The molecule has 0 aromatic carbocycles. The van der Waals surface area contributed by atoms with Gasteiger partial charge in [0.05, 0.1) is 7.11 Å². The number of nitrogens with one attached hydrogen (secondary N) is 1. The maximum absolute atomic E-state index is 11.5. The Morgan fingerprint density at radius 1 is 1.68 bits per heavy atom. The van der Waals surface area contributed by atoms with Crippen LogP contribution in [0.25, 0.3) is 0 Å². The number of hydrogen-bond acceptors (Lipinski definition) is 6. The number of likely N-dealkylation sites (N-methyl/N-ethyl adjacent to an activating group) is 1. The first-order chi connectivity index (χ1) is 9.15. The number of amides is 1. The molecule has 0 radical (unpaired) electrons. The van der Waals surface area contributed by atoms with Crippen molar-refractivity contribution < 1.29 is 9.53 Å². The van der Waals surface area contributed by atoms with E-state index in [2.05, 4.69) is 21.9 Å².